The van der Waals surface area contributed by atoms with E-state index in [9.17, 15) is 0 Å². The molecule has 2 nitrogen and oxygen atoms in total. The number of rotatable bonds is 5. The fraction of sp³-hybridized carbons (Fsp3) is 0.0500. The Labute approximate surface area is 130 Å². The van der Waals surface area contributed by atoms with Crippen molar-refractivity contribution in [2.24, 2.45) is 0 Å². The standard InChI is InChI=1S/C20H17NO/c1-2-17-10-6-12-19(18-11-7-13-21-14-18)20(17)22-15-16-8-4-3-5-9-16/h2-14H,1,15H2. The van der Waals surface area contributed by atoms with E-state index in [0.717, 1.165) is 28.0 Å². The molecule has 0 aliphatic carbocycles. The van der Waals surface area contributed by atoms with E-state index in [1.807, 2.05) is 60.8 Å². The minimum Gasteiger partial charge on any atom is -0.488 e. The van der Waals surface area contributed by atoms with E-state index in [-0.39, 0.29) is 0 Å². The highest BCUT2D eigenvalue weighted by molar-refractivity contribution is 5.75. The summed E-state index contributed by atoms with van der Waals surface area (Å²) in [6.07, 6.45) is 5.43. The van der Waals surface area contributed by atoms with Crippen molar-refractivity contribution >= 4 is 6.08 Å². The molecule has 1 aromatic heterocycles. The van der Waals surface area contributed by atoms with Crippen LogP contribution in [0.4, 0.5) is 0 Å². The Hall–Kier alpha value is -2.87. The normalized spacial score (nSPS) is 10.2. The van der Waals surface area contributed by atoms with Crippen molar-refractivity contribution in [3.63, 3.8) is 0 Å². The molecule has 1 heterocycles. The van der Waals surface area contributed by atoms with Gasteiger partial charge in [-0.2, -0.15) is 0 Å². The van der Waals surface area contributed by atoms with E-state index in [4.69, 9.17) is 4.74 Å². The van der Waals surface area contributed by atoms with Crippen LogP contribution in [-0.4, -0.2) is 4.98 Å². The molecule has 0 aliphatic rings. The predicted octanol–water partition coefficient (Wildman–Crippen LogP) is 4.97. The Balaban J connectivity index is 1.96. The van der Waals surface area contributed by atoms with Crippen LogP contribution in [0.15, 0.2) is 79.6 Å². The molecule has 0 saturated heterocycles. The molecule has 0 saturated carbocycles. The van der Waals surface area contributed by atoms with E-state index in [1.54, 1.807) is 6.20 Å². The van der Waals surface area contributed by atoms with Gasteiger partial charge in [-0.1, -0.05) is 67.3 Å². The molecule has 0 spiro atoms. The van der Waals surface area contributed by atoms with E-state index < -0.39 is 0 Å². The van der Waals surface area contributed by atoms with Crippen molar-refractivity contribution in [3.05, 3.63) is 90.8 Å². The van der Waals surface area contributed by atoms with Crippen molar-refractivity contribution in [1.82, 2.24) is 4.98 Å². The van der Waals surface area contributed by atoms with Gasteiger partial charge in [-0.3, -0.25) is 4.98 Å². The molecule has 3 rings (SSSR count). The lowest BCUT2D eigenvalue weighted by Gasteiger charge is -2.14. The molecule has 0 atom stereocenters. The first-order chi connectivity index (χ1) is 10.9. The summed E-state index contributed by atoms with van der Waals surface area (Å²) in [4.78, 5) is 4.19. The Morgan fingerprint density at radius 2 is 1.82 bits per heavy atom. The summed E-state index contributed by atoms with van der Waals surface area (Å²) in [5.74, 6) is 0.842. The van der Waals surface area contributed by atoms with Crippen LogP contribution in [0.2, 0.25) is 0 Å². The van der Waals surface area contributed by atoms with Crippen LogP contribution >= 0.6 is 0 Å². The van der Waals surface area contributed by atoms with Gasteiger partial charge in [0.05, 0.1) is 0 Å². The van der Waals surface area contributed by atoms with Crippen molar-refractivity contribution in [2.45, 2.75) is 6.61 Å². The van der Waals surface area contributed by atoms with Crippen LogP contribution in [0.25, 0.3) is 17.2 Å². The lowest BCUT2D eigenvalue weighted by atomic mass is 10.0. The number of para-hydroxylation sites is 1. The number of pyridine rings is 1. The molecule has 0 radical (unpaired) electrons. The summed E-state index contributed by atoms with van der Waals surface area (Å²) in [6, 6.07) is 20.2. The van der Waals surface area contributed by atoms with Gasteiger partial charge >= 0.3 is 0 Å². The molecule has 0 fully saturated rings. The first-order valence-electron chi connectivity index (χ1n) is 7.21. The van der Waals surface area contributed by atoms with Gasteiger partial charge in [-0.05, 0) is 11.6 Å². The van der Waals surface area contributed by atoms with Gasteiger partial charge in [-0.15, -0.1) is 0 Å². The average Bonchev–Trinajstić information content (AvgIpc) is 2.61. The van der Waals surface area contributed by atoms with Gasteiger partial charge in [0.2, 0.25) is 0 Å². The summed E-state index contributed by atoms with van der Waals surface area (Å²) in [5, 5.41) is 0. The zero-order valence-electron chi connectivity index (χ0n) is 12.3. The van der Waals surface area contributed by atoms with Crippen LogP contribution < -0.4 is 4.74 Å². The third-order valence-corrected chi connectivity index (χ3v) is 3.46. The number of aromatic nitrogens is 1. The monoisotopic (exact) mass is 287 g/mol. The molecule has 108 valence electrons. The van der Waals surface area contributed by atoms with Crippen molar-refractivity contribution < 1.29 is 4.74 Å². The van der Waals surface area contributed by atoms with Crippen LogP contribution in [-0.2, 0) is 6.61 Å². The van der Waals surface area contributed by atoms with Gasteiger partial charge in [-0.25, -0.2) is 0 Å². The number of ether oxygens (including phenoxy) is 1. The molecule has 0 aliphatic heterocycles. The topological polar surface area (TPSA) is 22.1 Å². The quantitative estimate of drug-likeness (QED) is 0.661. The minimum absolute atomic E-state index is 0.527. The molecule has 2 aromatic carbocycles. The lowest BCUT2D eigenvalue weighted by Crippen LogP contribution is -1.99. The highest BCUT2D eigenvalue weighted by Gasteiger charge is 2.10. The summed E-state index contributed by atoms with van der Waals surface area (Å²) < 4.78 is 6.10. The van der Waals surface area contributed by atoms with Gasteiger partial charge in [0.25, 0.3) is 0 Å². The number of nitrogens with zero attached hydrogens (tertiary/aromatic N) is 1. The molecular formula is C20H17NO. The molecule has 0 bridgehead atoms. The highest BCUT2D eigenvalue weighted by atomic mass is 16.5. The van der Waals surface area contributed by atoms with E-state index >= 15 is 0 Å². The number of hydrogen-bond acceptors (Lipinski definition) is 2. The molecule has 0 unspecified atom stereocenters. The maximum Gasteiger partial charge on any atom is 0.134 e. The van der Waals surface area contributed by atoms with Crippen LogP contribution in [0.5, 0.6) is 5.75 Å². The number of benzene rings is 2. The average molecular weight is 287 g/mol. The predicted molar refractivity (Wildman–Crippen MR) is 90.5 cm³/mol. The van der Waals surface area contributed by atoms with E-state index in [0.29, 0.717) is 6.61 Å². The Kier molecular flexibility index (Phi) is 4.30. The van der Waals surface area contributed by atoms with Gasteiger partial charge < -0.3 is 4.74 Å². The maximum atomic E-state index is 6.10. The summed E-state index contributed by atoms with van der Waals surface area (Å²) in [5.41, 5.74) is 4.19. The molecule has 22 heavy (non-hydrogen) atoms. The molecule has 3 aromatic rings. The molecule has 0 amide bonds. The van der Waals surface area contributed by atoms with Gasteiger partial charge in [0, 0.05) is 29.1 Å². The van der Waals surface area contributed by atoms with Gasteiger partial charge in [0.15, 0.2) is 0 Å². The second-order valence-electron chi connectivity index (χ2n) is 4.94. The van der Waals surface area contributed by atoms with Crippen LogP contribution in [0.3, 0.4) is 0 Å². The zero-order chi connectivity index (χ0) is 15.2. The Morgan fingerprint density at radius 1 is 0.955 bits per heavy atom. The Bertz CT molecular complexity index is 751. The van der Waals surface area contributed by atoms with Crippen LogP contribution in [0.1, 0.15) is 11.1 Å². The third-order valence-electron chi connectivity index (χ3n) is 3.46. The van der Waals surface area contributed by atoms with Crippen LogP contribution in [0, 0.1) is 0 Å². The molecular weight excluding hydrogens is 270 g/mol. The van der Waals surface area contributed by atoms with Crippen molar-refractivity contribution in [3.8, 4) is 16.9 Å². The molecule has 2 heteroatoms. The summed E-state index contributed by atoms with van der Waals surface area (Å²) >= 11 is 0. The van der Waals surface area contributed by atoms with Crippen molar-refractivity contribution in [2.75, 3.05) is 0 Å². The SMILES string of the molecule is C=Cc1cccc(-c2cccnc2)c1OCc1ccccc1. The third kappa shape index (κ3) is 3.07. The van der Waals surface area contributed by atoms with Crippen molar-refractivity contribution in [1.29, 1.82) is 0 Å². The van der Waals surface area contributed by atoms with E-state index in [2.05, 4.69) is 23.7 Å². The first kappa shape index (κ1) is 14.1. The summed E-state index contributed by atoms with van der Waals surface area (Å²) in [7, 11) is 0. The number of hydrogen-bond donors (Lipinski definition) is 0. The molecule has 0 N–H and O–H groups in total. The minimum atomic E-state index is 0.527. The fourth-order valence-electron chi connectivity index (χ4n) is 2.36. The second kappa shape index (κ2) is 6.72. The maximum absolute atomic E-state index is 6.10. The lowest BCUT2D eigenvalue weighted by molar-refractivity contribution is 0.307. The van der Waals surface area contributed by atoms with Gasteiger partial charge in [0.1, 0.15) is 12.4 Å². The first-order valence-corrected chi connectivity index (χ1v) is 7.21. The van der Waals surface area contributed by atoms with E-state index in [1.165, 1.54) is 0 Å². The second-order valence-corrected chi connectivity index (χ2v) is 4.94. The largest absolute Gasteiger partial charge is 0.488 e. The fourth-order valence-corrected chi connectivity index (χ4v) is 2.36. The summed E-state index contributed by atoms with van der Waals surface area (Å²) in [6.45, 7) is 4.41. The smallest absolute Gasteiger partial charge is 0.134 e. The Morgan fingerprint density at radius 3 is 2.55 bits per heavy atom. The zero-order valence-corrected chi connectivity index (χ0v) is 12.3. The highest BCUT2D eigenvalue weighted by Crippen LogP contribution is 2.34.